The summed E-state index contributed by atoms with van der Waals surface area (Å²) in [5.41, 5.74) is 2.29. The van der Waals surface area contributed by atoms with Crippen LogP contribution in [0.3, 0.4) is 0 Å². The molecule has 160 valence electrons. The maximum absolute atomic E-state index is 13.2. The summed E-state index contributed by atoms with van der Waals surface area (Å²) in [6.45, 7) is 0. The number of nitrogens with one attached hydrogen (secondary N) is 3. The lowest BCUT2D eigenvalue weighted by Gasteiger charge is -2.09. The number of anilines is 3. The average molecular weight is 429 g/mol. The Kier molecular flexibility index (Phi) is 6.22. The molecule has 3 N–H and O–H groups in total. The zero-order chi connectivity index (χ0) is 22.3. The second-order valence-corrected chi connectivity index (χ2v) is 6.78. The molecule has 0 aliphatic rings. The van der Waals surface area contributed by atoms with Crippen LogP contribution >= 0.6 is 0 Å². The molecule has 8 heteroatoms. The maximum Gasteiger partial charge on any atom is 0.263 e. The Labute approximate surface area is 184 Å². The Morgan fingerprint density at radius 3 is 2.41 bits per heavy atom. The van der Waals surface area contributed by atoms with E-state index in [1.54, 1.807) is 43.5 Å². The molecule has 0 saturated heterocycles. The number of para-hydroxylation sites is 1. The van der Waals surface area contributed by atoms with E-state index in [0.717, 1.165) is 5.69 Å². The highest BCUT2D eigenvalue weighted by Crippen LogP contribution is 2.28. The Hall–Kier alpha value is -4.46. The van der Waals surface area contributed by atoms with Crippen molar-refractivity contribution in [3.05, 3.63) is 95.8 Å². The number of halogens is 1. The molecule has 0 saturated carbocycles. The monoisotopic (exact) mass is 429 g/mol. The van der Waals surface area contributed by atoms with E-state index < -0.39 is 0 Å². The summed E-state index contributed by atoms with van der Waals surface area (Å²) >= 11 is 0. The first-order chi connectivity index (χ1) is 15.6. The Bertz CT molecular complexity index is 1220. The molecule has 0 atom stereocenters. The number of nitrogens with zero attached hydrogens (tertiary/aromatic N) is 2. The van der Waals surface area contributed by atoms with Crippen LogP contribution in [0.2, 0.25) is 0 Å². The predicted octanol–water partition coefficient (Wildman–Crippen LogP) is 5.30. The molecule has 0 aliphatic heterocycles. The third-order valence-electron chi connectivity index (χ3n) is 4.57. The maximum atomic E-state index is 13.2. The lowest BCUT2D eigenvalue weighted by atomic mass is 10.2. The van der Waals surface area contributed by atoms with Crippen molar-refractivity contribution < 1.29 is 13.9 Å². The molecular formula is C24H20FN5O2. The molecule has 0 radical (unpaired) electrons. The molecule has 0 unspecified atom stereocenters. The third-order valence-corrected chi connectivity index (χ3v) is 4.57. The average Bonchev–Trinajstić information content (AvgIpc) is 3.22. The summed E-state index contributed by atoms with van der Waals surface area (Å²) < 4.78 is 18.3. The van der Waals surface area contributed by atoms with E-state index in [0.29, 0.717) is 22.8 Å². The molecule has 0 spiro atoms. The van der Waals surface area contributed by atoms with Gasteiger partial charge in [0.05, 0.1) is 7.11 Å². The van der Waals surface area contributed by atoms with Crippen LogP contribution in [0.25, 0.3) is 0 Å². The molecule has 4 aromatic rings. The molecule has 1 heterocycles. The van der Waals surface area contributed by atoms with Crippen LogP contribution in [0, 0.1) is 5.82 Å². The van der Waals surface area contributed by atoms with Crippen molar-refractivity contribution in [3.63, 3.8) is 0 Å². The van der Waals surface area contributed by atoms with Gasteiger partial charge in [0.2, 0.25) is 0 Å². The minimum Gasteiger partial charge on any atom is -0.497 e. The van der Waals surface area contributed by atoms with Crippen LogP contribution in [0.5, 0.6) is 5.75 Å². The zero-order valence-corrected chi connectivity index (χ0v) is 17.2. The number of hydrogen-bond donors (Lipinski definition) is 3. The van der Waals surface area contributed by atoms with Crippen molar-refractivity contribution in [2.24, 2.45) is 4.99 Å². The van der Waals surface area contributed by atoms with E-state index in [2.05, 4.69) is 25.8 Å². The summed E-state index contributed by atoms with van der Waals surface area (Å²) in [7, 11) is 1.59. The van der Waals surface area contributed by atoms with Crippen molar-refractivity contribution in [2.45, 2.75) is 0 Å². The zero-order valence-electron chi connectivity index (χ0n) is 17.2. The van der Waals surface area contributed by atoms with Gasteiger partial charge in [-0.05, 0) is 54.1 Å². The summed E-state index contributed by atoms with van der Waals surface area (Å²) in [4.78, 5) is 17.5. The van der Waals surface area contributed by atoms with E-state index >= 15 is 0 Å². The van der Waals surface area contributed by atoms with Crippen LogP contribution in [-0.4, -0.2) is 29.4 Å². The fraction of sp³-hybridized carbons (Fsp3) is 0.0417. The highest BCUT2D eigenvalue weighted by atomic mass is 19.1. The number of rotatable bonds is 7. The number of aliphatic imine (C=N–C) groups is 1. The Balaban J connectivity index is 1.65. The number of H-pyrrole nitrogens is 1. The first-order valence-corrected chi connectivity index (χ1v) is 9.78. The van der Waals surface area contributed by atoms with Gasteiger partial charge in [-0.1, -0.05) is 30.3 Å². The molecule has 0 fully saturated rings. The molecule has 0 bridgehead atoms. The second-order valence-electron chi connectivity index (χ2n) is 6.78. The molecule has 4 rings (SSSR count). The lowest BCUT2D eigenvalue weighted by Crippen LogP contribution is -2.13. The Morgan fingerprint density at radius 1 is 1.00 bits per heavy atom. The van der Waals surface area contributed by atoms with Gasteiger partial charge in [-0.2, -0.15) is 5.10 Å². The summed E-state index contributed by atoms with van der Waals surface area (Å²) in [5.74, 6) is 0.573. The van der Waals surface area contributed by atoms with Crippen molar-refractivity contribution in [2.75, 3.05) is 17.7 Å². The van der Waals surface area contributed by atoms with Gasteiger partial charge in [-0.25, -0.2) is 9.38 Å². The molecule has 1 amide bonds. The highest BCUT2D eigenvalue weighted by molar-refractivity contribution is 6.11. The number of ether oxygens (including phenoxy) is 1. The smallest absolute Gasteiger partial charge is 0.263 e. The number of carbonyl (C=O) groups is 1. The van der Waals surface area contributed by atoms with Crippen molar-refractivity contribution >= 4 is 35.1 Å². The van der Waals surface area contributed by atoms with E-state index in [-0.39, 0.29) is 23.1 Å². The number of benzene rings is 3. The van der Waals surface area contributed by atoms with Gasteiger partial charge in [0, 0.05) is 17.6 Å². The third kappa shape index (κ3) is 4.99. The summed E-state index contributed by atoms with van der Waals surface area (Å²) in [5, 5.41) is 13.0. The highest BCUT2D eigenvalue weighted by Gasteiger charge is 2.21. The molecule has 7 nitrogen and oxygen atoms in total. The SMILES string of the molecule is COc1ccc(Nc2[nH]nc(N=Cc3ccc(F)cc3)c2C(=O)Nc2ccccc2)cc1. The summed E-state index contributed by atoms with van der Waals surface area (Å²) in [6, 6.07) is 22.2. The number of aromatic amines is 1. The van der Waals surface area contributed by atoms with Gasteiger partial charge in [0.1, 0.15) is 22.9 Å². The largest absolute Gasteiger partial charge is 0.497 e. The van der Waals surface area contributed by atoms with Gasteiger partial charge in [0.25, 0.3) is 5.91 Å². The Morgan fingerprint density at radius 2 is 1.72 bits per heavy atom. The fourth-order valence-electron chi connectivity index (χ4n) is 2.95. The van der Waals surface area contributed by atoms with Crippen LogP contribution in [-0.2, 0) is 0 Å². The first-order valence-electron chi connectivity index (χ1n) is 9.78. The number of amides is 1. The van der Waals surface area contributed by atoms with Crippen molar-refractivity contribution in [1.82, 2.24) is 10.2 Å². The number of aromatic nitrogens is 2. The molecule has 1 aromatic heterocycles. The van der Waals surface area contributed by atoms with E-state index in [4.69, 9.17) is 4.74 Å². The van der Waals surface area contributed by atoms with Crippen molar-refractivity contribution in [1.29, 1.82) is 0 Å². The quantitative estimate of drug-likeness (QED) is 0.348. The van der Waals surface area contributed by atoms with Crippen LogP contribution in [0.15, 0.2) is 83.9 Å². The van der Waals surface area contributed by atoms with Gasteiger partial charge in [0.15, 0.2) is 5.82 Å². The van der Waals surface area contributed by atoms with Crippen molar-refractivity contribution in [3.8, 4) is 5.75 Å². The van der Waals surface area contributed by atoms with Gasteiger partial charge < -0.3 is 15.4 Å². The van der Waals surface area contributed by atoms with Crippen LogP contribution in [0.1, 0.15) is 15.9 Å². The molecule has 32 heavy (non-hydrogen) atoms. The molecule has 0 aliphatic carbocycles. The first kappa shape index (κ1) is 20.8. The number of hydrogen-bond acceptors (Lipinski definition) is 5. The topological polar surface area (TPSA) is 91.4 Å². The van der Waals surface area contributed by atoms with E-state index in [1.165, 1.54) is 18.3 Å². The molecular weight excluding hydrogens is 409 g/mol. The lowest BCUT2D eigenvalue weighted by molar-refractivity contribution is 0.102. The van der Waals surface area contributed by atoms with Crippen LogP contribution in [0.4, 0.5) is 27.4 Å². The predicted molar refractivity (Wildman–Crippen MR) is 123 cm³/mol. The van der Waals surface area contributed by atoms with E-state index in [1.807, 2.05) is 30.3 Å². The van der Waals surface area contributed by atoms with Crippen LogP contribution < -0.4 is 15.4 Å². The second kappa shape index (κ2) is 9.57. The standard InChI is InChI=1S/C24H20FN5O2/c1-32-20-13-11-19(12-14-20)27-23-21(24(31)28-18-5-3-2-4-6-18)22(29-30-23)26-15-16-7-9-17(25)10-8-16/h2-15H,1H3,(H,28,31)(H2,27,29,30). The van der Waals surface area contributed by atoms with Gasteiger partial charge in [-0.15, -0.1) is 0 Å². The normalized spacial score (nSPS) is 10.8. The summed E-state index contributed by atoms with van der Waals surface area (Å²) in [6.07, 6.45) is 1.52. The number of methoxy groups -OCH3 is 1. The minimum atomic E-state index is -0.382. The molecule has 3 aromatic carbocycles. The number of carbonyl (C=O) groups excluding carboxylic acids is 1. The minimum absolute atomic E-state index is 0.193. The van der Waals surface area contributed by atoms with Gasteiger partial charge in [-0.3, -0.25) is 9.89 Å². The van der Waals surface area contributed by atoms with Gasteiger partial charge >= 0.3 is 0 Å². The fourth-order valence-corrected chi connectivity index (χ4v) is 2.95. The van der Waals surface area contributed by atoms with E-state index in [9.17, 15) is 9.18 Å².